The Morgan fingerprint density at radius 1 is 1.50 bits per heavy atom. The van der Waals surface area contributed by atoms with E-state index in [9.17, 15) is 9.59 Å². The summed E-state index contributed by atoms with van der Waals surface area (Å²) >= 11 is 1.55. The number of urea groups is 1. The maximum atomic E-state index is 11.6. The first-order chi connectivity index (χ1) is 9.52. The number of carbonyl (C=O) groups excluding carboxylic acids is 1. The summed E-state index contributed by atoms with van der Waals surface area (Å²) in [6.45, 7) is 4.35. The lowest BCUT2D eigenvalue weighted by molar-refractivity contribution is -0.139. The molecule has 0 aliphatic carbocycles. The predicted molar refractivity (Wildman–Crippen MR) is 78.0 cm³/mol. The van der Waals surface area contributed by atoms with Crippen LogP contribution in [0.1, 0.15) is 36.9 Å². The van der Waals surface area contributed by atoms with Crippen LogP contribution in [0.25, 0.3) is 0 Å². The maximum absolute atomic E-state index is 11.6. The Bertz CT molecular complexity index is 448. The van der Waals surface area contributed by atoms with E-state index in [0.717, 1.165) is 23.5 Å². The fourth-order valence-electron chi connectivity index (χ4n) is 1.68. The second kappa shape index (κ2) is 8.52. The van der Waals surface area contributed by atoms with E-state index in [2.05, 4.69) is 15.6 Å². The Kier molecular flexibility index (Phi) is 7.00. The zero-order valence-electron chi connectivity index (χ0n) is 11.8. The number of nitrogens with zero attached hydrogens (tertiary/aromatic N) is 1. The van der Waals surface area contributed by atoms with Gasteiger partial charge in [0.2, 0.25) is 0 Å². The van der Waals surface area contributed by atoms with Crippen LogP contribution in [-0.2, 0) is 11.2 Å². The molecule has 1 aromatic rings. The molecular weight excluding hydrogens is 278 g/mol. The maximum Gasteiger partial charge on any atom is 0.326 e. The lowest BCUT2D eigenvalue weighted by Gasteiger charge is -2.14. The molecule has 20 heavy (non-hydrogen) atoms. The third-order valence-electron chi connectivity index (χ3n) is 2.74. The van der Waals surface area contributed by atoms with E-state index in [4.69, 9.17) is 5.11 Å². The summed E-state index contributed by atoms with van der Waals surface area (Å²) in [4.78, 5) is 26.9. The number of hydrogen-bond donors (Lipinski definition) is 3. The van der Waals surface area contributed by atoms with Crippen LogP contribution >= 0.6 is 11.3 Å². The van der Waals surface area contributed by atoms with E-state index < -0.39 is 18.0 Å². The van der Waals surface area contributed by atoms with Crippen molar-refractivity contribution in [3.05, 3.63) is 16.1 Å². The number of hydrogen-bond acceptors (Lipinski definition) is 4. The van der Waals surface area contributed by atoms with Crippen LogP contribution in [0.15, 0.2) is 5.38 Å². The third kappa shape index (κ3) is 6.01. The largest absolute Gasteiger partial charge is 0.480 e. The molecule has 0 aliphatic rings. The fourth-order valence-corrected chi connectivity index (χ4v) is 2.45. The molecule has 0 aliphatic heterocycles. The average Bonchev–Trinajstić information content (AvgIpc) is 2.80. The normalized spacial score (nSPS) is 11.9. The van der Waals surface area contributed by atoms with Gasteiger partial charge in [-0.2, -0.15) is 0 Å². The number of aryl methyl sites for hydroxylation is 1. The van der Waals surface area contributed by atoms with E-state index in [-0.39, 0.29) is 0 Å². The van der Waals surface area contributed by atoms with Crippen molar-refractivity contribution in [3.63, 3.8) is 0 Å². The van der Waals surface area contributed by atoms with Crippen LogP contribution in [0, 0.1) is 6.92 Å². The molecule has 112 valence electrons. The first kappa shape index (κ1) is 16.4. The van der Waals surface area contributed by atoms with Crippen molar-refractivity contribution in [3.8, 4) is 0 Å². The standard InChI is InChI=1S/C13H21N3O3S/c1-3-4-5-10(12(17)18)16-13(19)14-7-6-11-15-9(2)8-20-11/h8,10H,3-7H2,1-2H3,(H,17,18)(H2,14,16,19). The second-order valence-corrected chi connectivity index (χ2v) is 5.51. The summed E-state index contributed by atoms with van der Waals surface area (Å²) in [7, 11) is 0. The zero-order chi connectivity index (χ0) is 15.0. The molecular formula is C13H21N3O3S. The molecule has 1 atom stereocenters. The number of aliphatic carboxylic acids is 1. The summed E-state index contributed by atoms with van der Waals surface area (Å²) in [5.74, 6) is -0.996. The Morgan fingerprint density at radius 2 is 2.25 bits per heavy atom. The van der Waals surface area contributed by atoms with Gasteiger partial charge < -0.3 is 15.7 Å². The molecule has 0 spiro atoms. The summed E-state index contributed by atoms with van der Waals surface area (Å²) in [6.07, 6.45) is 2.77. The van der Waals surface area contributed by atoms with Crippen LogP contribution < -0.4 is 10.6 Å². The van der Waals surface area contributed by atoms with Gasteiger partial charge in [0.25, 0.3) is 0 Å². The van der Waals surface area contributed by atoms with Gasteiger partial charge in [-0.1, -0.05) is 19.8 Å². The highest BCUT2D eigenvalue weighted by atomic mass is 32.1. The van der Waals surface area contributed by atoms with Crippen LogP contribution in [0.2, 0.25) is 0 Å². The van der Waals surface area contributed by atoms with E-state index in [1.54, 1.807) is 11.3 Å². The molecule has 0 radical (unpaired) electrons. The molecule has 3 N–H and O–H groups in total. The first-order valence-electron chi connectivity index (χ1n) is 6.71. The minimum absolute atomic E-state index is 0.443. The average molecular weight is 299 g/mol. The van der Waals surface area contributed by atoms with Crippen molar-refractivity contribution in [2.24, 2.45) is 0 Å². The number of carboxylic acids is 1. The second-order valence-electron chi connectivity index (χ2n) is 4.57. The zero-order valence-corrected chi connectivity index (χ0v) is 12.6. The molecule has 0 saturated heterocycles. The van der Waals surface area contributed by atoms with Crippen molar-refractivity contribution in [1.29, 1.82) is 0 Å². The van der Waals surface area contributed by atoms with Gasteiger partial charge in [0, 0.05) is 24.0 Å². The quantitative estimate of drug-likeness (QED) is 0.684. The van der Waals surface area contributed by atoms with Crippen molar-refractivity contribution in [2.45, 2.75) is 45.6 Å². The molecule has 1 unspecified atom stereocenters. The summed E-state index contributed by atoms with van der Waals surface area (Å²) in [6, 6.07) is -1.26. The number of rotatable bonds is 8. The smallest absolute Gasteiger partial charge is 0.326 e. The third-order valence-corrected chi connectivity index (χ3v) is 3.77. The van der Waals surface area contributed by atoms with Crippen molar-refractivity contribution >= 4 is 23.3 Å². The number of carboxylic acid groups (broad SMARTS) is 1. The number of aromatic nitrogens is 1. The minimum Gasteiger partial charge on any atom is -0.480 e. The molecule has 6 nitrogen and oxygen atoms in total. The summed E-state index contributed by atoms with van der Waals surface area (Å²) in [5, 5.41) is 17.1. The highest BCUT2D eigenvalue weighted by Crippen LogP contribution is 2.08. The Morgan fingerprint density at radius 3 is 2.80 bits per heavy atom. The van der Waals surface area contributed by atoms with Gasteiger partial charge in [-0.15, -0.1) is 11.3 Å². The number of carbonyl (C=O) groups is 2. The van der Waals surface area contributed by atoms with E-state index in [1.165, 1.54) is 0 Å². The molecule has 1 rings (SSSR count). The van der Waals surface area contributed by atoms with Crippen LogP contribution in [0.4, 0.5) is 4.79 Å². The highest BCUT2D eigenvalue weighted by Gasteiger charge is 2.18. The van der Waals surface area contributed by atoms with Gasteiger partial charge in [-0.3, -0.25) is 0 Å². The lowest BCUT2D eigenvalue weighted by Crippen LogP contribution is -2.46. The Balaban J connectivity index is 2.28. The van der Waals surface area contributed by atoms with E-state index in [0.29, 0.717) is 19.4 Å². The first-order valence-corrected chi connectivity index (χ1v) is 7.59. The number of unbranched alkanes of at least 4 members (excludes halogenated alkanes) is 1. The van der Waals surface area contributed by atoms with Crippen molar-refractivity contribution < 1.29 is 14.7 Å². The van der Waals surface area contributed by atoms with Gasteiger partial charge in [-0.05, 0) is 13.3 Å². The molecule has 7 heteroatoms. The summed E-state index contributed by atoms with van der Waals surface area (Å²) in [5.41, 5.74) is 0.972. The molecule has 0 bridgehead atoms. The van der Waals surface area contributed by atoms with Crippen molar-refractivity contribution in [1.82, 2.24) is 15.6 Å². The minimum atomic E-state index is -0.996. The van der Waals surface area contributed by atoms with Gasteiger partial charge in [0.15, 0.2) is 0 Å². The van der Waals surface area contributed by atoms with Crippen molar-refractivity contribution in [2.75, 3.05) is 6.54 Å². The number of nitrogens with one attached hydrogen (secondary N) is 2. The lowest BCUT2D eigenvalue weighted by atomic mass is 10.1. The van der Waals surface area contributed by atoms with Crippen LogP contribution in [-0.4, -0.2) is 34.7 Å². The van der Waals surface area contributed by atoms with Crippen LogP contribution in [0.5, 0.6) is 0 Å². The van der Waals surface area contributed by atoms with Gasteiger partial charge in [0.1, 0.15) is 6.04 Å². The van der Waals surface area contributed by atoms with Gasteiger partial charge in [0.05, 0.1) is 5.01 Å². The van der Waals surface area contributed by atoms with E-state index >= 15 is 0 Å². The van der Waals surface area contributed by atoms with Gasteiger partial charge in [-0.25, -0.2) is 14.6 Å². The molecule has 1 aromatic heterocycles. The number of thiazole rings is 1. The summed E-state index contributed by atoms with van der Waals surface area (Å²) < 4.78 is 0. The molecule has 0 fully saturated rings. The molecule has 2 amide bonds. The predicted octanol–water partition coefficient (Wildman–Crippen LogP) is 1.94. The van der Waals surface area contributed by atoms with Crippen LogP contribution in [0.3, 0.4) is 0 Å². The molecule has 0 aromatic carbocycles. The van der Waals surface area contributed by atoms with Gasteiger partial charge >= 0.3 is 12.0 Å². The Labute approximate surface area is 122 Å². The topological polar surface area (TPSA) is 91.3 Å². The SMILES string of the molecule is CCCCC(NC(=O)NCCc1nc(C)cs1)C(=O)O. The Hall–Kier alpha value is -1.63. The van der Waals surface area contributed by atoms with E-state index in [1.807, 2.05) is 19.2 Å². The molecule has 0 saturated carbocycles. The fraction of sp³-hybridized carbons (Fsp3) is 0.615. The molecule has 1 heterocycles. The number of amides is 2. The monoisotopic (exact) mass is 299 g/mol. The highest BCUT2D eigenvalue weighted by molar-refractivity contribution is 7.09.